The van der Waals surface area contributed by atoms with E-state index in [1.54, 1.807) is 12.1 Å². The molecule has 0 aromatic heterocycles. The molecule has 0 aliphatic heterocycles. The van der Waals surface area contributed by atoms with E-state index in [-0.39, 0.29) is 11.3 Å². The van der Waals surface area contributed by atoms with Crippen molar-refractivity contribution in [3.05, 3.63) is 46.7 Å². The predicted molar refractivity (Wildman–Crippen MR) is 62.5 cm³/mol. The molecule has 0 fully saturated rings. The van der Waals surface area contributed by atoms with Gasteiger partial charge >= 0.3 is 0 Å². The number of Topliss-reactive ketones (excluding diaryl/α,β-unsaturated/α-hetero) is 1. The van der Waals surface area contributed by atoms with E-state index < -0.39 is 5.82 Å². The molecule has 0 aliphatic carbocycles. The molecule has 0 N–H and O–H groups in total. The number of hydrogen-bond acceptors (Lipinski definition) is 1. The van der Waals surface area contributed by atoms with Crippen molar-refractivity contribution in [2.24, 2.45) is 0 Å². The average Bonchev–Trinajstić information content (AvgIpc) is 2.22. The van der Waals surface area contributed by atoms with Crippen LogP contribution in [0.4, 0.5) is 4.39 Å². The molecular weight excluding hydrogens is 259 g/mol. The highest BCUT2D eigenvalue weighted by molar-refractivity contribution is 9.10. The number of benzene rings is 1. The summed E-state index contributed by atoms with van der Waals surface area (Å²) in [5, 5.41) is 0. The molecule has 0 saturated carbocycles. The van der Waals surface area contributed by atoms with Crippen LogP contribution in [0.1, 0.15) is 29.6 Å². The van der Waals surface area contributed by atoms with Crippen LogP contribution >= 0.6 is 15.9 Å². The van der Waals surface area contributed by atoms with Crippen molar-refractivity contribution in [2.75, 3.05) is 0 Å². The maximum Gasteiger partial charge on any atom is 0.165 e. The Morgan fingerprint density at radius 3 is 2.93 bits per heavy atom. The first-order chi connectivity index (χ1) is 7.15. The number of carbonyl (C=O) groups excluding carboxylic acids is 1. The molecular formula is C12H12BrFO. The lowest BCUT2D eigenvalue weighted by atomic mass is 10.1. The van der Waals surface area contributed by atoms with Gasteiger partial charge in [0.15, 0.2) is 5.78 Å². The second-order valence-electron chi connectivity index (χ2n) is 3.23. The quantitative estimate of drug-likeness (QED) is 0.447. The molecule has 0 aliphatic rings. The van der Waals surface area contributed by atoms with Crippen molar-refractivity contribution in [2.45, 2.75) is 19.3 Å². The summed E-state index contributed by atoms with van der Waals surface area (Å²) in [6.07, 6.45) is 3.61. The largest absolute Gasteiger partial charge is 0.294 e. The van der Waals surface area contributed by atoms with Crippen LogP contribution in [0.5, 0.6) is 0 Å². The number of carbonyl (C=O) groups is 1. The third-order valence-corrected chi connectivity index (χ3v) is 2.53. The molecule has 0 spiro atoms. The Bertz CT molecular complexity index is 374. The summed E-state index contributed by atoms with van der Waals surface area (Å²) >= 11 is 3.21. The first-order valence-corrected chi connectivity index (χ1v) is 5.53. The van der Waals surface area contributed by atoms with Gasteiger partial charge < -0.3 is 0 Å². The van der Waals surface area contributed by atoms with Crippen LogP contribution in [0.2, 0.25) is 0 Å². The Kier molecular flexibility index (Phi) is 4.69. The van der Waals surface area contributed by atoms with Gasteiger partial charge in [0.25, 0.3) is 0 Å². The Labute approximate surface area is 97.1 Å². The average molecular weight is 271 g/mol. The highest BCUT2D eigenvalue weighted by Crippen LogP contribution is 2.17. The third-order valence-electron chi connectivity index (χ3n) is 2.04. The summed E-state index contributed by atoms with van der Waals surface area (Å²) in [4.78, 5) is 11.6. The van der Waals surface area contributed by atoms with E-state index >= 15 is 0 Å². The van der Waals surface area contributed by atoms with E-state index in [1.807, 2.05) is 0 Å². The van der Waals surface area contributed by atoms with Gasteiger partial charge in [-0.1, -0.05) is 22.0 Å². The summed E-state index contributed by atoms with van der Waals surface area (Å²) in [5.74, 6) is -0.613. The first-order valence-electron chi connectivity index (χ1n) is 4.74. The minimum absolute atomic E-state index is 0.157. The Morgan fingerprint density at radius 2 is 2.27 bits per heavy atom. The van der Waals surface area contributed by atoms with E-state index in [1.165, 1.54) is 12.1 Å². The molecule has 0 atom stereocenters. The Hall–Kier alpha value is -0.960. The van der Waals surface area contributed by atoms with E-state index in [9.17, 15) is 9.18 Å². The molecule has 1 aromatic rings. The van der Waals surface area contributed by atoms with Crippen LogP contribution in [0.25, 0.3) is 0 Å². The monoisotopic (exact) mass is 270 g/mol. The van der Waals surface area contributed by atoms with Gasteiger partial charge in [0.1, 0.15) is 5.82 Å². The fourth-order valence-corrected chi connectivity index (χ4v) is 1.61. The van der Waals surface area contributed by atoms with Crippen LogP contribution in [-0.2, 0) is 0 Å². The molecule has 0 amide bonds. The normalized spacial score (nSPS) is 10.0. The molecule has 0 saturated heterocycles. The van der Waals surface area contributed by atoms with Crippen LogP contribution in [0.15, 0.2) is 35.3 Å². The summed E-state index contributed by atoms with van der Waals surface area (Å²) in [7, 11) is 0. The summed E-state index contributed by atoms with van der Waals surface area (Å²) in [5.41, 5.74) is 0.161. The van der Waals surface area contributed by atoms with Gasteiger partial charge in [-0.15, -0.1) is 6.58 Å². The van der Waals surface area contributed by atoms with Crippen LogP contribution in [-0.4, -0.2) is 5.78 Å². The lowest BCUT2D eigenvalue weighted by Crippen LogP contribution is -2.02. The van der Waals surface area contributed by atoms with Crippen molar-refractivity contribution in [1.82, 2.24) is 0 Å². The molecule has 80 valence electrons. The van der Waals surface area contributed by atoms with Gasteiger partial charge in [0.05, 0.1) is 5.56 Å². The zero-order chi connectivity index (χ0) is 11.3. The smallest absolute Gasteiger partial charge is 0.165 e. The van der Waals surface area contributed by atoms with Crippen LogP contribution in [0.3, 0.4) is 0 Å². The molecule has 1 rings (SSSR count). The maximum atomic E-state index is 13.3. The highest BCUT2D eigenvalue weighted by Gasteiger charge is 2.11. The summed E-state index contributed by atoms with van der Waals surface area (Å²) in [6.45, 7) is 3.57. The molecule has 0 unspecified atom stereocenters. The maximum absolute atomic E-state index is 13.3. The lowest BCUT2D eigenvalue weighted by molar-refractivity contribution is 0.0976. The van der Waals surface area contributed by atoms with E-state index in [0.717, 1.165) is 10.9 Å². The van der Waals surface area contributed by atoms with Gasteiger partial charge in [0, 0.05) is 10.9 Å². The van der Waals surface area contributed by atoms with Crippen molar-refractivity contribution in [3.63, 3.8) is 0 Å². The molecule has 3 heteroatoms. The zero-order valence-electron chi connectivity index (χ0n) is 8.30. The molecule has 0 radical (unpaired) electrons. The third kappa shape index (κ3) is 3.59. The van der Waals surface area contributed by atoms with Gasteiger partial charge in [-0.05, 0) is 31.0 Å². The number of hydrogen-bond donors (Lipinski definition) is 0. The summed E-state index contributed by atoms with van der Waals surface area (Å²) in [6, 6.07) is 4.40. The SMILES string of the molecule is C=CCCCC(=O)c1cc(Br)ccc1F. The highest BCUT2D eigenvalue weighted by atomic mass is 79.9. The molecule has 15 heavy (non-hydrogen) atoms. The molecule has 0 bridgehead atoms. The number of unbranched alkanes of at least 4 members (excludes halogenated alkanes) is 1. The fraction of sp³-hybridized carbons (Fsp3) is 0.250. The zero-order valence-corrected chi connectivity index (χ0v) is 9.89. The van der Waals surface area contributed by atoms with Crippen molar-refractivity contribution < 1.29 is 9.18 Å². The topological polar surface area (TPSA) is 17.1 Å². The molecule has 0 heterocycles. The minimum atomic E-state index is -0.457. The molecule has 1 nitrogen and oxygen atoms in total. The number of halogens is 2. The standard InChI is InChI=1S/C12H12BrFO/c1-2-3-4-5-12(15)10-8-9(13)6-7-11(10)14/h2,6-8H,1,3-5H2. The Balaban J connectivity index is 2.72. The summed E-state index contributed by atoms with van der Waals surface area (Å²) < 4.78 is 14.0. The number of rotatable bonds is 5. The number of allylic oxidation sites excluding steroid dienone is 1. The van der Waals surface area contributed by atoms with Gasteiger partial charge in [-0.25, -0.2) is 4.39 Å². The van der Waals surface area contributed by atoms with Crippen molar-refractivity contribution >= 4 is 21.7 Å². The minimum Gasteiger partial charge on any atom is -0.294 e. The van der Waals surface area contributed by atoms with Gasteiger partial charge in [-0.2, -0.15) is 0 Å². The fourth-order valence-electron chi connectivity index (χ4n) is 1.25. The van der Waals surface area contributed by atoms with Gasteiger partial charge in [-0.3, -0.25) is 4.79 Å². The number of ketones is 1. The predicted octanol–water partition coefficient (Wildman–Crippen LogP) is 4.13. The Morgan fingerprint density at radius 1 is 1.53 bits per heavy atom. The second kappa shape index (κ2) is 5.81. The first kappa shape index (κ1) is 12.1. The van der Waals surface area contributed by atoms with E-state index in [4.69, 9.17) is 0 Å². The van der Waals surface area contributed by atoms with Crippen molar-refractivity contribution in [3.8, 4) is 0 Å². The van der Waals surface area contributed by atoms with E-state index in [2.05, 4.69) is 22.5 Å². The second-order valence-corrected chi connectivity index (χ2v) is 4.14. The van der Waals surface area contributed by atoms with Gasteiger partial charge in [0.2, 0.25) is 0 Å². The molecule has 1 aromatic carbocycles. The van der Waals surface area contributed by atoms with Crippen molar-refractivity contribution in [1.29, 1.82) is 0 Å². The van der Waals surface area contributed by atoms with Crippen LogP contribution < -0.4 is 0 Å². The lowest BCUT2D eigenvalue weighted by Gasteiger charge is -2.02. The van der Waals surface area contributed by atoms with Crippen LogP contribution in [0, 0.1) is 5.82 Å². The van der Waals surface area contributed by atoms with E-state index in [0.29, 0.717) is 12.8 Å².